The first kappa shape index (κ1) is 16.9. The second-order valence-corrected chi connectivity index (χ2v) is 7.28. The van der Waals surface area contributed by atoms with Gasteiger partial charge in [-0.25, -0.2) is 9.97 Å². The van der Waals surface area contributed by atoms with Gasteiger partial charge in [0.25, 0.3) is 0 Å². The minimum Gasteiger partial charge on any atom is -0.376 e. The highest BCUT2D eigenvalue weighted by Gasteiger charge is 2.27. The van der Waals surface area contributed by atoms with Crippen LogP contribution in [0.25, 0.3) is 0 Å². The zero-order chi connectivity index (χ0) is 15.5. The SMILES string of the molecule is CCCNc1nc(C2COCCO2)nc(C(C)(C)C)c1I. The Hall–Kier alpha value is -0.470. The molecule has 1 N–H and O–H groups in total. The Kier molecular flexibility index (Phi) is 5.79. The van der Waals surface area contributed by atoms with E-state index >= 15 is 0 Å². The molecule has 1 unspecified atom stereocenters. The van der Waals surface area contributed by atoms with E-state index in [2.05, 4.69) is 60.6 Å². The summed E-state index contributed by atoms with van der Waals surface area (Å²) < 4.78 is 12.3. The van der Waals surface area contributed by atoms with Gasteiger partial charge in [0.05, 0.1) is 29.1 Å². The van der Waals surface area contributed by atoms with Crippen molar-refractivity contribution in [3.05, 3.63) is 15.1 Å². The Labute approximate surface area is 140 Å². The van der Waals surface area contributed by atoms with Gasteiger partial charge in [-0.05, 0) is 29.0 Å². The summed E-state index contributed by atoms with van der Waals surface area (Å²) in [5, 5.41) is 3.40. The van der Waals surface area contributed by atoms with E-state index < -0.39 is 0 Å². The van der Waals surface area contributed by atoms with E-state index in [4.69, 9.17) is 14.5 Å². The van der Waals surface area contributed by atoms with Gasteiger partial charge in [0.2, 0.25) is 0 Å². The van der Waals surface area contributed by atoms with Crippen molar-refractivity contribution in [2.45, 2.75) is 45.6 Å². The zero-order valence-electron chi connectivity index (χ0n) is 13.2. The van der Waals surface area contributed by atoms with Crippen molar-refractivity contribution in [3.8, 4) is 0 Å². The average Bonchev–Trinajstić information content (AvgIpc) is 2.46. The molecule has 0 aromatic carbocycles. The number of rotatable bonds is 4. The van der Waals surface area contributed by atoms with Crippen molar-refractivity contribution in [2.75, 3.05) is 31.7 Å². The summed E-state index contributed by atoms with van der Waals surface area (Å²) in [6, 6.07) is 0. The van der Waals surface area contributed by atoms with Gasteiger partial charge in [0, 0.05) is 12.0 Å². The summed E-state index contributed by atoms with van der Waals surface area (Å²) in [5.41, 5.74) is 1.02. The van der Waals surface area contributed by atoms with Crippen molar-refractivity contribution in [2.24, 2.45) is 0 Å². The molecule has 6 heteroatoms. The summed E-state index contributed by atoms with van der Waals surface area (Å²) in [5.74, 6) is 1.63. The van der Waals surface area contributed by atoms with E-state index in [1.807, 2.05) is 0 Å². The van der Waals surface area contributed by atoms with E-state index in [1.165, 1.54) is 0 Å². The first-order valence-corrected chi connectivity index (χ1v) is 8.52. The van der Waals surface area contributed by atoms with E-state index in [-0.39, 0.29) is 11.5 Å². The van der Waals surface area contributed by atoms with Crippen molar-refractivity contribution in [3.63, 3.8) is 0 Å². The summed E-state index contributed by atoms with van der Waals surface area (Å²) in [6.07, 6.45) is 0.891. The Bertz CT molecular complexity index is 483. The highest BCUT2D eigenvalue weighted by molar-refractivity contribution is 14.1. The normalized spacial score (nSPS) is 19.6. The number of ether oxygens (including phenoxy) is 2. The number of aromatic nitrogens is 2. The molecule has 118 valence electrons. The lowest BCUT2D eigenvalue weighted by Gasteiger charge is -2.26. The van der Waals surface area contributed by atoms with Crippen LogP contribution in [0.2, 0.25) is 0 Å². The van der Waals surface area contributed by atoms with Gasteiger partial charge >= 0.3 is 0 Å². The van der Waals surface area contributed by atoms with Crippen LogP contribution in [0.1, 0.15) is 51.7 Å². The van der Waals surface area contributed by atoms with Gasteiger partial charge in [0.15, 0.2) is 5.82 Å². The largest absolute Gasteiger partial charge is 0.376 e. The molecule has 0 saturated carbocycles. The minimum absolute atomic E-state index is 0.0353. The fraction of sp³-hybridized carbons (Fsp3) is 0.733. The molecule has 1 saturated heterocycles. The van der Waals surface area contributed by atoms with Crippen LogP contribution in [-0.2, 0) is 14.9 Å². The third-order valence-electron chi connectivity index (χ3n) is 3.23. The Morgan fingerprint density at radius 2 is 2.05 bits per heavy atom. The first-order valence-electron chi connectivity index (χ1n) is 7.44. The lowest BCUT2D eigenvalue weighted by molar-refractivity contribution is -0.0936. The molecule has 2 rings (SSSR count). The number of nitrogens with one attached hydrogen (secondary N) is 1. The molecular formula is C15H24IN3O2. The van der Waals surface area contributed by atoms with Crippen LogP contribution in [0.5, 0.6) is 0 Å². The van der Waals surface area contributed by atoms with Crippen LogP contribution >= 0.6 is 22.6 Å². The first-order chi connectivity index (χ1) is 9.93. The molecule has 1 atom stereocenters. The lowest BCUT2D eigenvalue weighted by Crippen LogP contribution is -2.27. The third kappa shape index (κ3) is 4.26. The van der Waals surface area contributed by atoms with Crippen molar-refractivity contribution in [1.82, 2.24) is 9.97 Å². The monoisotopic (exact) mass is 405 g/mol. The molecule has 5 nitrogen and oxygen atoms in total. The molecule has 0 bridgehead atoms. The highest BCUT2D eigenvalue weighted by Crippen LogP contribution is 2.31. The molecular weight excluding hydrogens is 381 g/mol. The van der Waals surface area contributed by atoms with Crippen LogP contribution in [0.4, 0.5) is 5.82 Å². The summed E-state index contributed by atoms with van der Waals surface area (Å²) in [7, 11) is 0. The Morgan fingerprint density at radius 3 is 2.62 bits per heavy atom. The summed E-state index contributed by atoms with van der Waals surface area (Å²) in [6.45, 7) is 11.3. The quantitative estimate of drug-likeness (QED) is 0.780. The molecule has 1 aromatic heterocycles. The topological polar surface area (TPSA) is 56.3 Å². The van der Waals surface area contributed by atoms with Crippen LogP contribution in [0.3, 0.4) is 0 Å². The number of anilines is 1. The molecule has 0 amide bonds. The maximum atomic E-state index is 5.75. The highest BCUT2D eigenvalue weighted by atomic mass is 127. The molecule has 1 aliphatic rings. The van der Waals surface area contributed by atoms with E-state index in [0.717, 1.165) is 33.9 Å². The second kappa shape index (κ2) is 7.19. The molecule has 1 aliphatic heterocycles. The zero-order valence-corrected chi connectivity index (χ0v) is 15.4. The number of halogens is 1. The summed E-state index contributed by atoms with van der Waals surface area (Å²) in [4.78, 5) is 9.45. The van der Waals surface area contributed by atoms with Gasteiger partial charge in [0.1, 0.15) is 11.9 Å². The Balaban J connectivity index is 2.39. The molecule has 0 aliphatic carbocycles. The molecule has 0 radical (unpaired) electrons. The number of nitrogens with zero attached hydrogens (tertiary/aromatic N) is 2. The van der Waals surface area contributed by atoms with Crippen molar-refractivity contribution >= 4 is 28.4 Å². The lowest BCUT2D eigenvalue weighted by atomic mass is 9.91. The summed E-state index contributed by atoms with van der Waals surface area (Å²) >= 11 is 2.33. The van der Waals surface area contributed by atoms with Crippen LogP contribution < -0.4 is 5.32 Å². The van der Waals surface area contributed by atoms with Crippen molar-refractivity contribution in [1.29, 1.82) is 0 Å². The van der Waals surface area contributed by atoms with Gasteiger partial charge in [-0.2, -0.15) is 0 Å². The standard InChI is InChI=1S/C15H24IN3O2/c1-5-6-17-14-11(16)12(15(2,3)4)18-13(19-14)10-9-20-7-8-21-10/h10H,5-9H2,1-4H3,(H,17,18,19). The fourth-order valence-electron chi connectivity index (χ4n) is 2.10. The molecule has 1 fully saturated rings. The average molecular weight is 405 g/mol. The molecule has 2 heterocycles. The van der Waals surface area contributed by atoms with Crippen molar-refractivity contribution < 1.29 is 9.47 Å². The predicted molar refractivity (Wildman–Crippen MR) is 91.7 cm³/mol. The van der Waals surface area contributed by atoms with Crippen LogP contribution in [0, 0.1) is 3.57 Å². The van der Waals surface area contributed by atoms with Gasteiger partial charge in [-0.3, -0.25) is 0 Å². The van der Waals surface area contributed by atoms with E-state index in [9.17, 15) is 0 Å². The molecule has 21 heavy (non-hydrogen) atoms. The predicted octanol–water partition coefficient (Wildman–Crippen LogP) is 3.29. The van der Waals surface area contributed by atoms with Gasteiger partial charge in [-0.15, -0.1) is 0 Å². The van der Waals surface area contributed by atoms with E-state index in [1.54, 1.807) is 0 Å². The molecule has 0 spiro atoms. The van der Waals surface area contributed by atoms with Crippen LogP contribution in [-0.4, -0.2) is 36.3 Å². The van der Waals surface area contributed by atoms with Crippen LogP contribution in [0.15, 0.2) is 0 Å². The number of hydrogen-bond donors (Lipinski definition) is 1. The molecule has 1 aromatic rings. The fourth-order valence-corrected chi connectivity index (χ4v) is 3.34. The Morgan fingerprint density at radius 1 is 1.29 bits per heavy atom. The second-order valence-electron chi connectivity index (χ2n) is 6.20. The van der Waals surface area contributed by atoms with E-state index in [0.29, 0.717) is 19.8 Å². The maximum Gasteiger partial charge on any atom is 0.162 e. The van der Waals surface area contributed by atoms with Gasteiger partial charge < -0.3 is 14.8 Å². The maximum absolute atomic E-state index is 5.75. The van der Waals surface area contributed by atoms with Gasteiger partial charge in [-0.1, -0.05) is 27.7 Å². The third-order valence-corrected chi connectivity index (χ3v) is 4.25. The number of hydrogen-bond acceptors (Lipinski definition) is 5. The minimum atomic E-state index is -0.168. The smallest absolute Gasteiger partial charge is 0.162 e.